The average Bonchev–Trinajstić information content (AvgIpc) is 2.65. The SMILES string of the molecule is C[C@@H]1C(=O)N(Cc2ccc([N+](=O)[O-])cc2)[C@]1(Cc1ccccc1)C(=O)O. The Morgan fingerprint density at radius 1 is 1.15 bits per heavy atom. The van der Waals surface area contributed by atoms with Crippen molar-refractivity contribution in [3.05, 3.63) is 75.8 Å². The van der Waals surface area contributed by atoms with E-state index in [9.17, 15) is 24.8 Å². The summed E-state index contributed by atoms with van der Waals surface area (Å²) in [5.41, 5.74) is 0.114. The number of hydrogen-bond acceptors (Lipinski definition) is 4. The molecule has 134 valence electrons. The second-order valence-corrected chi connectivity index (χ2v) is 6.46. The number of β-lactam (4-membered cyclic amide) rings is 1. The molecule has 2 aromatic carbocycles. The summed E-state index contributed by atoms with van der Waals surface area (Å²) in [7, 11) is 0. The first-order valence-electron chi connectivity index (χ1n) is 8.18. The molecule has 0 spiro atoms. The number of amides is 1. The van der Waals surface area contributed by atoms with Crippen molar-refractivity contribution in [2.75, 3.05) is 0 Å². The Balaban J connectivity index is 1.89. The molecule has 7 nitrogen and oxygen atoms in total. The maximum Gasteiger partial charge on any atom is 0.330 e. The van der Waals surface area contributed by atoms with Crippen LogP contribution >= 0.6 is 0 Å². The van der Waals surface area contributed by atoms with Crippen LogP contribution in [-0.2, 0) is 22.6 Å². The maximum atomic E-state index is 12.4. The van der Waals surface area contributed by atoms with E-state index in [1.165, 1.54) is 17.0 Å². The van der Waals surface area contributed by atoms with E-state index in [1.807, 2.05) is 30.3 Å². The first-order valence-corrected chi connectivity index (χ1v) is 8.18. The quantitative estimate of drug-likeness (QED) is 0.488. The highest BCUT2D eigenvalue weighted by atomic mass is 16.6. The molecule has 1 aliphatic rings. The van der Waals surface area contributed by atoms with Crippen LogP contribution in [0, 0.1) is 16.0 Å². The van der Waals surface area contributed by atoms with Crippen molar-refractivity contribution < 1.29 is 19.6 Å². The summed E-state index contributed by atoms with van der Waals surface area (Å²) in [6.07, 6.45) is 0.211. The zero-order chi connectivity index (χ0) is 18.9. The summed E-state index contributed by atoms with van der Waals surface area (Å²) < 4.78 is 0. The fraction of sp³-hybridized carbons (Fsp3) is 0.263. The van der Waals surface area contributed by atoms with Crippen molar-refractivity contribution >= 4 is 17.6 Å². The first-order chi connectivity index (χ1) is 12.4. The lowest BCUT2D eigenvalue weighted by molar-refractivity contribution is -0.384. The van der Waals surface area contributed by atoms with Crippen LogP contribution in [0.15, 0.2) is 54.6 Å². The minimum Gasteiger partial charge on any atom is -0.479 e. The smallest absolute Gasteiger partial charge is 0.330 e. The van der Waals surface area contributed by atoms with Gasteiger partial charge in [-0.3, -0.25) is 14.9 Å². The Morgan fingerprint density at radius 3 is 2.31 bits per heavy atom. The number of aliphatic carboxylic acids is 1. The zero-order valence-electron chi connectivity index (χ0n) is 14.2. The van der Waals surface area contributed by atoms with Crippen LogP contribution < -0.4 is 0 Å². The topological polar surface area (TPSA) is 101 Å². The molecule has 7 heteroatoms. The molecule has 0 radical (unpaired) electrons. The van der Waals surface area contributed by atoms with Gasteiger partial charge in [-0.2, -0.15) is 0 Å². The molecule has 0 unspecified atom stereocenters. The van der Waals surface area contributed by atoms with Crippen molar-refractivity contribution in [1.29, 1.82) is 0 Å². The molecule has 3 rings (SSSR count). The lowest BCUT2D eigenvalue weighted by Gasteiger charge is -2.54. The highest BCUT2D eigenvalue weighted by Gasteiger charge is 2.62. The molecule has 26 heavy (non-hydrogen) atoms. The number of nitrogens with zero attached hydrogens (tertiary/aromatic N) is 2. The lowest BCUT2D eigenvalue weighted by atomic mass is 9.70. The minimum absolute atomic E-state index is 0.0502. The van der Waals surface area contributed by atoms with E-state index >= 15 is 0 Å². The van der Waals surface area contributed by atoms with Gasteiger partial charge in [0, 0.05) is 25.1 Å². The Hall–Kier alpha value is -3.22. The number of nitro benzene ring substituents is 1. The number of benzene rings is 2. The molecule has 0 saturated carbocycles. The molecule has 0 aromatic heterocycles. The van der Waals surface area contributed by atoms with Crippen molar-refractivity contribution in [2.24, 2.45) is 5.92 Å². The number of likely N-dealkylation sites (tertiary alicyclic amines) is 1. The monoisotopic (exact) mass is 354 g/mol. The van der Waals surface area contributed by atoms with E-state index in [2.05, 4.69) is 0 Å². The van der Waals surface area contributed by atoms with Gasteiger partial charge in [0.25, 0.3) is 5.69 Å². The van der Waals surface area contributed by atoms with Crippen LogP contribution in [0.1, 0.15) is 18.1 Å². The maximum absolute atomic E-state index is 12.4. The van der Waals surface area contributed by atoms with E-state index in [1.54, 1.807) is 19.1 Å². The van der Waals surface area contributed by atoms with E-state index in [-0.39, 0.29) is 24.6 Å². The zero-order valence-corrected chi connectivity index (χ0v) is 14.2. The normalized spacial score (nSPS) is 22.0. The molecular formula is C19H18N2O5. The van der Waals surface area contributed by atoms with Gasteiger partial charge >= 0.3 is 5.97 Å². The second kappa shape index (κ2) is 6.59. The Bertz CT molecular complexity index is 850. The molecule has 0 bridgehead atoms. The second-order valence-electron chi connectivity index (χ2n) is 6.46. The third-order valence-corrected chi connectivity index (χ3v) is 5.01. The summed E-state index contributed by atoms with van der Waals surface area (Å²) in [6, 6.07) is 15.0. The van der Waals surface area contributed by atoms with Crippen LogP contribution in [-0.4, -0.2) is 32.3 Å². The van der Waals surface area contributed by atoms with Crippen LogP contribution in [0.3, 0.4) is 0 Å². The summed E-state index contributed by atoms with van der Waals surface area (Å²) >= 11 is 0. The van der Waals surface area contributed by atoms with E-state index in [4.69, 9.17) is 0 Å². The average molecular weight is 354 g/mol. The predicted molar refractivity (Wildman–Crippen MR) is 93.3 cm³/mol. The molecule has 1 amide bonds. The van der Waals surface area contributed by atoms with Crippen molar-refractivity contribution in [3.63, 3.8) is 0 Å². The highest BCUT2D eigenvalue weighted by Crippen LogP contribution is 2.42. The molecule has 0 aliphatic carbocycles. The van der Waals surface area contributed by atoms with Crippen LogP contribution in [0.25, 0.3) is 0 Å². The van der Waals surface area contributed by atoms with Gasteiger partial charge in [0.15, 0.2) is 5.54 Å². The van der Waals surface area contributed by atoms with Crippen LogP contribution in [0.5, 0.6) is 0 Å². The summed E-state index contributed by atoms with van der Waals surface area (Å²) in [4.78, 5) is 36.1. The van der Waals surface area contributed by atoms with Gasteiger partial charge in [0.05, 0.1) is 10.8 Å². The van der Waals surface area contributed by atoms with Gasteiger partial charge < -0.3 is 10.0 Å². The third kappa shape index (κ3) is 2.81. The fourth-order valence-electron chi connectivity index (χ4n) is 3.46. The summed E-state index contributed by atoms with van der Waals surface area (Å²) in [5.74, 6) is -1.92. The van der Waals surface area contributed by atoms with Crippen molar-refractivity contribution in [2.45, 2.75) is 25.4 Å². The minimum atomic E-state index is -1.32. The molecule has 2 atom stereocenters. The third-order valence-electron chi connectivity index (χ3n) is 5.01. The van der Waals surface area contributed by atoms with Gasteiger partial charge in [0.2, 0.25) is 5.91 Å². The number of rotatable bonds is 6. The van der Waals surface area contributed by atoms with E-state index in [0.717, 1.165) is 5.56 Å². The molecular weight excluding hydrogens is 336 g/mol. The molecule has 1 N–H and O–H groups in total. The molecule has 1 aliphatic heterocycles. The molecule has 1 saturated heterocycles. The molecule has 1 fully saturated rings. The van der Waals surface area contributed by atoms with E-state index in [0.29, 0.717) is 5.56 Å². The molecule has 2 aromatic rings. The number of hydrogen-bond donors (Lipinski definition) is 1. The van der Waals surface area contributed by atoms with Gasteiger partial charge in [-0.05, 0) is 11.1 Å². The van der Waals surface area contributed by atoms with Crippen molar-refractivity contribution in [1.82, 2.24) is 4.90 Å². The van der Waals surface area contributed by atoms with Gasteiger partial charge in [-0.25, -0.2) is 4.79 Å². The van der Waals surface area contributed by atoms with Crippen molar-refractivity contribution in [3.8, 4) is 0 Å². The standard InChI is InChI=1S/C19H18N2O5/c1-13-17(22)20(12-15-7-9-16(10-8-15)21(25)26)19(13,18(23)24)11-14-5-3-2-4-6-14/h2-10,13H,11-12H2,1H3,(H,23,24)/t13-,19+/m1/s1. The summed E-state index contributed by atoms with van der Waals surface area (Å²) in [6.45, 7) is 1.73. The van der Waals surface area contributed by atoms with Crippen LogP contribution in [0.2, 0.25) is 0 Å². The fourth-order valence-corrected chi connectivity index (χ4v) is 3.46. The largest absolute Gasteiger partial charge is 0.479 e. The van der Waals surface area contributed by atoms with Gasteiger partial charge in [-0.15, -0.1) is 0 Å². The number of carbonyl (C=O) groups is 2. The van der Waals surface area contributed by atoms with Gasteiger partial charge in [0.1, 0.15) is 0 Å². The first kappa shape index (κ1) is 17.6. The number of carboxylic acid groups (broad SMARTS) is 1. The Kier molecular flexibility index (Phi) is 4.46. The summed E-state index contributed by atoms with van der Waals surface area (Å²) in [5, 5.41) is 20.7. The lowest BCUT2D eigenvalue weighted by Crippen LogP contribution is -2.74. The molecule has 1 heterocycles. The Morgan fingerprint density at radius 2 is 1.77 bits per heavy atom. The number of nitro groups is 1. The highest BCUT2D eigenvalue weighted by molar-refractivity contribution is 6.00. The number of non-ortho nitro benzene ring substituents is 1. The predicted octanol–water partition coefficient (Wildman–Crippen LogP) is 2.64. The Labute approximate surface area is 150 Å². The number of carboxylic acids is 1. The van der Waals surface area contributed by atoms with E-state index < -0.39 is 22.3 Å². The van der Waals surface area contributed by atoms with Crippen LogP contribution in [0.4, 0.5) is 5.69 Å². The van der Waals surface area contributed by atoms with Gasteiger partial charge in [-0.1, -0.05) is 49.4 Å². The number of carbonyl (C=O) groups excluding carboxylic acids is 1.